The van der Waals surface area contributed by atoms with Crippen molar-refractivity contribution < 1.29 is 0 Å². The zero-order valence-electron chi connectivity index (χ0n) is 10.1. The molecule has 1 rings (SSSR count). The van der Waals surface area contributed by atoms with Gasteiger partial charge in [-0.1, -0.05) is 33.6 Å². The van der Waals surface area contributed by atoms with Gasteiger partial charge in [-0.3, -0.25) is 0 Å². The SMILES string of the molecule is CCC(CC)CNCC(C)c1ccsc1. The monoisotopic (exact) mass is 225 g/mol. The Kier molecular flexibility index (Phi) is 5.96. The van der Waals surface area contributed by atoms with Crippen LogP contribution in [0.15, 0.2) is 16.8 Å². The first kappa shape index (κ1) is 12.7. The first-order chi connectivity index (χ1) is 7.27. The predicted molar refractivity (Wildman–Crippen MR) is 69.7 cm³/mol. The maximum Gasteiger partial charge on any atom is 0.00179 e. The fourth-order valence-corrected chi connectivity index (χ4v) is 2.54. The van der Waals surface area contributed by atoms with E-state index in [-0.39, 0.29) is 0 Å². The van der Waals surface area contributed by atoms with Gasteiger partial charge in [0.25, 0.3) is 0 Å². The average Bonchev–Trinajstić information content (AvgIpc) is 2.77. The molecule has 0 fully saturated rings. The van der Waals surface area contributed by atoms with Crippen LogP contribution < -0.4 is 5.32 Å². The Bertz CT molecular complexity index is 239. The molecule has 1 heterocycles. The molecule has 1 nitrogen and oxygen atoms in total. The van der Waals surface area contributed by atoms with Gasteiger partial charge in [0.1, 0.15) is 0 Å². The van der Waals surface area contributed by atoms with Gasteiger partial charge in [-0.15, -0.1) is 0 Å². The van der Waals surface area contributed by atoms with Crippen molar-refractivity contribution in [1.82, 2.24) is 5.32 Å². The standard InChI is InChI=1S/C13H23NS/c1-4-12(5-2)9-14-8-11(3)13-6-7-15-10-13/h6-7,10-12,14H,4-5,8-9H2,1-3H3. The van der Waals surface area contributed by atoms with Gasteiger partial charge in [-0.2, -0.15) is 11.3 Å². The fraction of sp³-hybridized carbons (Fsp3) is 0.692. The molecule has 2 heteroatoms. The molecule has 1 atom stereocenters. The molecule has 0 radical (unpaired) electrons. The van der Waals surface area contributed by atoms with Crippen LogP contribution >= 0.6 is 11.3 Å². The van der Waals surface area contributed by atoms with Gasteiger partial charge in [-0.05, 0) is 40.8 Å². The molecule has 0 amide bonds. The second-order valence-corrected chi connectivity index (χ2v) is 5.08. The highest BCUT2D eigenvalue weighted by molar-refractivity contribution is 7.07. The van der Waals surface area contributed by atoms with Crippen molar-refractivity contribution in [2.45, 2.75) is 39.5 Å². The Morgan fingerprint density at radius 1 is 1.27 bits per heavy atom. The molecule has 0 saturated carbocycles. The van der Waals surface area contributed by atoms with Crippen molar-refractivity contribution in [3.05, 3.63) is 22.4 Å². The Morgan fingerprint density at radius 2 is 2.00 bits per heavy atom. The fourth-order valence-electron chi connectivity index (χ4n) is 1.75. The highest BCUT2D eigenvalue weighted by Crippen LogP contribution is 2.17. The highest BCUT2D eigenvalue weighted by atomic mass is 32.1. The molecule has 0 aliphatic carbocycles. The molecular weight excluding hydrogens is 202 g/mol. The first-order valence-electron chi connectivity index (χ1n) is 6.00. The molecule has 0 aliphatic rings. The van der Waals surface area contributed by atoms with E-state index in [9.17, 15) is 0 Å². The zero-order valence-corrected chi connectivity index (χ0v) is 10.9. The number of rotatable bonds is 7. The lowest BCUT2D eigenvalue weighted by atomic mass is 10.0. The van der Waals surface area contributed by atoms with Crippen LogP contribution in [0.25, 0.3) is 0 Å². The number of hydrogen-bond acceptors (Lipinski definition) is 2. The van der Waals surface area contributed by atoms with Crippen LogP contribution in [0.2, 0.25) is 0 Å². The van der Waals surface area contributed by atoms with Crippen LogP contribution in [-0.4, -0.2) is 13.1 Å². The molecule has 1 aromatic rings. The van der Waals surface area contributed by atoms with E-state index in [4.69, 9.17) is 0 Å². The van der Waals surface area contributed by atoms with Crippen LogP contribution in [0.1, 0.15) is 45.1 Å². The molecular formula is C13H23NS. The molecule has 1 N–H and O–H groups in total. The quantitative estimate of drug-likeness (QED) is 0.742. The molecule has 0 spiro atoms. The van der Waals surface area contributed by atoms with Gasteiger partial charge in [0.15, 0.2) is 0 Å². The normalized spacial score (nSPS) is 13.3. The minimum Gasteiger partial charge on any atom is -0.316 e. The van der Waals surface area contributed by atoms with Crippen LogP contribution in [0, 0.1) is 5.92 Å². The van der Waals surface area contributed by atoms with Crippen molar-refractivity contribution >= 4 is 11.3 Å². The third kappa shape index (κ3) is 4.35. The van der Waals surface area contributed by atoms with Crippen molar-refractivity contribution in [2.75, 3.05) is 13.1 Å². The first-order valence-corrected chi connectivity index (χ1v) is 6.95. The molecule has 0 aliphatic heterocycles. The van der Waals surface area contributed by atoms with Crippen molar-refractivity contribution in [3.8, 4) is 0 Å². The summed E-state index contributed by atoms with van der Waals surface area (Å²) >= 11 is 1.79. The summed E-state index contributed by atoms with van der Waals surface area (Å²) in [5, 5.41) is 7.99. The summed E-state index contributed by atoms with van der Waals surface area (Å²) < 4.78 is 0. The molecule has 15 heavy (non-hydrogen) atoms. The van der Waals surface area contributed by atoms with Gasteiger partial charge in [-0.25, -0.2) is 0 Å². The lowest BCUT2D eigenvalue weighted by Gasteiger charge is -2.16. The Morgan fingerprint density at radius 3 is 2.53 bits per heavy atom. The second-order valence-electron chi connectivity index (χ2n) is 4.30. The van der Waals surface area contributed by atoms with Crippen LogP contribution in [0.4, 0.5) is 0 Å². The van der Waals surface area contributed by atoms with E-state index in [2.05, 4.69) is 42.9 Å². The third-order valence-electron chi connectivity index (χ3n) is 3.15. The summed E-state index contributed by atoms with van der Waals surface area (Å²) in [4.78, 5) is 0. The largest absolute Gasteiger partial charge is 0.316 e. The van der Waals surface area contributed by atoms with Crippen molar-refractivity contribution in [3.63, 3.8) is 0 Å². The Balaban J connectivity index is 2.20. The van der Waals surface area contributed by atoms with Crippen molar-refractivity contribution in [1.29, 1.82) is 0 Å². The number of thiophene rings is 1. The maximum atomic E-state index is 3.58. The van der Waals surface area contributed by atoms with Crippen molar-refractivity contribution in [2.24, 2.45) is 5.92 Å². The summed E-state index contributed by atoms with van der Waals surface area (Å²) in [5.41, 5.74) is 1.47. The molecule has 0 bridgehead atoms. The lowest BCUT2D eigenvalue weighted by Crippen LogP contribution is -2.26. The molecule has 86 valence electrons. The van der Waals surface area contributed by atoms with E-state index in [1.165, 1.54) is 24.9 Å². The van der Waals surface area contributed by atoms with E-state index < -0.39 is 0 Å². The Hall–Kier alpha value is -0.340. The van der Waals surface area contributed by atoms with E-state index in [0.29, 0.717) is 5.92 Å². The number of nitrogens with one attached hydrogen (secondary N) is 1. The van der Waals surface area contributed by atoms with Gasteiger partial charge in [0.2, 0.25) is 0 Å². The number of hydrogen-bond donors (Lipinski definition) is 1. The average molecular weight is 225 g/mol. The van der Waals surface area contributed by atoms with Gasteiger partial charge >= 0.3 is 0 Å². The van der Waals surface area contributed by atoms with E-state index in [1.54, 1.807) is 11.3 Å². The highest BCUT2D eigenvalue weighted by Gasteiger charge is 2.07. The smallest absolute Gasteiger partial charge is 0.00179 e. The van der Waals surface area contributed by atoms with Crippen LogP contribution in [0.3, 0.4) is 0 Å². The van der Waals surface area contributed by atoms with E-state index >= 15 is 0 Å². The summed E-state index contributed by atoms with van der Waals surface area (Å²) in [7, 11) is 0. The minimum atomic E-state index is 0.644. The zero-order chi connectivity index (χ0) is 11.1. The van der Waals surface area contributed by atoms with Crippen LogP contribution in [-0.2, 0) is 0 Å². The minimum absolute atomic E-state index is 0.644. The van der Waals surface area contributed by atoms with Gasteiger partial charge in [0, 0.05) is 6.54 Å². The predicted octanol–water partition coefficient (Wildman–Crippen LogP) is 3.88. The molecule has 0 saturated heterocycles. The molecule has 1 unspecified atom stereocenters. The summed E-state index contributed by atoms with van der Waals surface area (Å²) in [5.74, 6) is 1.49. The van der Waals surface area contributed by atoms with E-state index in [0.717, 1.165) is 12.5 Å². The topological polar surface area (TPSA) is 12.0 Å². The second kappa shape index (κ2) is 7.02. The summed E-state index contributed by atoms with van der Waals surface area (Å²) in [6.07, 6.45) is 2.58. The van der Waals surface area contributed by atoms with Gasteiger partial charge < -0.3 is 5.32 Å². The van der Waals surface area contributed by atoms with E-state index in [1.807, 2.05) is 0 Å². The maximum absolute atomic E-state index is 3.58. The van der Waals surface area contributed by atoms with Crippen LogP contribution in [0.5, 0.6) is 0 Å². The Labute approximate surface area is 97.9 Å². The summed E-state index contributed by atoms with van der Waals surface area (Å²) in [6.45, 7) is 9.12. The third-order valence-corrected chi connectivity index (χ3v) is 3.85. The van der Waals surface area contributed by atoms with Gasteiger partial charge in [0.05, 0.1) is 0 Å². The summed E-state index contributed by atoms with van der Waals surface area (Å²) in [6, 6.07) is 2.23. The molecule has 1 aromatic heterocycles. The molecule has 0 aromatic carbocycles. The lowest BCUT2D eigenvalue weighted by molar-refractivity contribution is 0.442.